The van der Waals surface area contributed by atoms with E-state index in [4.69, 9.17) is 9.97 Å². The summed E-state index contributed by atoms with van der Waals surface area (Å²) in [6.07, 6.45) is 0. The maximum Gasteiger partial charge on any atom is 0.161 e. The number of rotatable bonds is 5. The second kappa shape index (κ2) is 12.4. The van der Waals surface area contributed by atoms with Crippen LogP contribution >= 0.6 is 0 Å². The number of fused-ring (bicyclic) bond motifs is 6. The summed E-state index contributed by atoms with van der Waals surface area (Å²) in [7, 11) is 0. The van der Waals surface area contributed by atoms with Crippen LogP contribution in [0.2, 0.25) is 0 Å². The zero-order valence-electron chi connectivity index (χ0n) is 32.6. The van der Waals surface area contributed by atoms with Gasteiger partial charge in [0, 0.05) is 10.8 Å². The van der Waals surface area contributed by atoms with E-state index in [1.54, 1.807) is 0 Å². The second-order valence-corrected chi connectivity index (χ2v) is 15.0. The molecule has 0 saturated carbocycles. The Kier molecular flexibility index (Phi) is 7.75. The molecule has 0 saturated heterocycles. The van der Waals surface area contributed by atoms with E-state index in [1.165, 1.54) is 49.7 Å². The third-order valence-electron chi connectivity index (χ3n) is 12.1. The normalized spacial score (nSPS) is 11.8. The first-order chi connectivity index (χ1) is 26.1. The highest BCUT2D eigenvalue weighted by molar-refractivity contribution is 6.02. The molecule has 4 aromatic heterocycles. The van der Waals surface area contributed by atoms with Crippen molar-refractivity contribution >= 4 is 50.2 Å². The maximum atomic E-state index is 5.69. The van der Waals surface area contributed by atoms with Gasteiger partial charge in [0.25, 0.3) is 0 Å². The Labute approximate surface area is 317 Å². The highest BCUT2D eigenvalue weighted by atomic mass is 15.3. The first-order valence-corrected chi connectivity index (χ1v) is 18.9. The molecular weight excluding hydrogens is 659 g/mol. The third kappa shape index (κ3) is 4.84. The maximum absolute atomic E-state index is 5.69. The molecule has 4 heterocycles. The van der Waals surface area contributed by atoms with Crippen molar-refractivity contribution in [3.63, 3.8) is 0 Å². The molecule has 0 aliphatic heterocycles. The van der Waals surface area contributed by atoms with Crippen LogP contribution in [-0.2, 0) is 0 Å². The van der Waals surface area contributed by atoms with Crippen LogP contribution in [0.15, 0.2) is 109 Å². The Morgan fingerprint density at radius 1 is 0.407 bits per heavy atom. The van der Waals surface area contributed by atoms with Gasteiger partial charge in [0.15, 0.2) is 11.6 Å². The molecule has 5 nitrogen and oxygen atoms in total. The molecule has 0 spiro atoms. The smallest absolute Gasteiger partial charge is 0.161 e. The van der Waals surface area contributed by atoms with Gasteiger partial charge in [0.1, 0.15) is 11.3 Å². The highest BCUT2D eigenvalue weighted by Crippen LogP contribution is 2.46. The number of hydrogen-bond donors (Lipinski definition) is 0. The Hall–Kier alpha value is -6.20. The summed E-state index contributed by atoms with van der Waals surface area (Å²) in [4.78, 5) is 13.8. The van der Waals surface area contributed by atoms with E-state index in [0.29, 0.717) is 0 Å². The topological polar surface area (TPSA) is 37.8 Å². The fraction of sp³-hybridized carbons (Fsp3) is 0.184. The number of aromatic nitrogens is 4. The fourth-order valence-corrected chi connectivity index (χ4v) is 8.66. The van der Waals surface area contributed by atoms with Crippen molar-refractivity contribution in [2.75, 3.05) is 4.90 Å². The molecule has 9 aromatic rings. The van der Waals surface area contributed by atoms with E-state index < -0.39 is 0 Å². The predicted molar refractivity (Wildman–Crippen MR) is 227 cm³/mol. The van der Waals surface area contributed by atoms with Crippen molar-refractivity contribution in [1.29, 1.82) is 0 Å². The summed E-state index contributed by atoms with van der Waals surface area (Å²) in [5, 5.41) is 4.68. The Morgan fingerprint density at radius 3 is 1.20 bits per heavy atom. The molecule has 9 rings (SSSR count). The van der Waals surface area contributed by atoms with Crippen LogP contribution in [0.1, 0.15) is 50.3 Å². The van der Waals surface area contributed by atoms with Crippen molar-refractivity contribution < 1.29 is 0 Å². The molecule has 0 N–H and O–H groups in total. The van der Waals surface area contributed by atoms with E-state index in [-0.39, 0.29) is 0 Å². The molecule has 0 aliphatic rings. The van der Waals surface area contributed by atoms with Gasteiger partial charge in [-0.1, -0.05) is 97.1 Å². The summed E-state index contributed by atoms with van der Waals surface area (Å²) in [6, 6.07) is 39.2. The van der Waals surface area contributed by atoms with Crippen molar-refractivity contribution in [3.8, 4) is 22.5 Å². The molecule has 0 amide bonds. The predicted octanol–water partition coefficient (Wildman–Crippen LogP) is 12.9. The molecule has 54 heavy (non-hydrogen) atoms. The number of anilines is 3. The fourth-order valence-electron chi connectivity index (χ4n) is 8.66. The molecule has 5 heteroatoms. The Balaban J connectivity index is 1.46. The van der Waals surface area contributed by atoms with Gasteiger partial charge in [-0.05, 0) is 135 Å². The lowest BCUT2D eigenvalue weighted by Crippen LogP contribution is -2.18. The van der Waals surface area contributed by atoms with Crippen molar-refractivity contribution in [3.05, 3.63) is 160 Å². The lowest BCUT2D eigenvalue weighted by molar-refractivity contribution is 1.06. The van der Waals surface area contributed by atoms with Gasteiger partial charge in [0.2, 0.25) is 0 Å². The summed E-state index contributed by atoms with van der Waals surface area (Å²) in [5.41, 5.74) is 18.5. The summed E-state index contributed by atoms with van der Waals surface area (Å²) in [6.45, 7) is 20.1. The van der Waals surface area contributed by atoms with E-state index in [0.717, 1.165) is 73.3 Å². The minimum absolute atomic E-state index is 0.878. The lowest BCUT2D eigenvalue weighted by atomic mass is 9.92. The average molecular weight is 704 g/mol. The number of pyridine rings is 2. The number of benzene rings is 5. The van der Waals surface area contributed by atoms with E-state index >= 15 is 0 Å². The quantitative estimate of drug-likeness (QED) is 0.179. The van der Waals surface area contributed by atoms with Gasteiger partial charge in [0.05, 0.1) is 28.5 Å². The SMILES string of the molecule is Cc1c(C)c(C)c(N(c2nc3c4cccc(C)c4cc(-c4ccccc4)n3c2C)c2nc3c4cccc(C)c4cc(-c4ccccc4)n3c2C)c(C)c1C. The standard InChI is InChI=1S/C49H45N5/c1-28-18-16-24-39-41(28)26-43(37-20-12-10-13-21-37)52-35(8)46(50-48(39)52)54(45-33(6)31(4)30(3)32(5)34(45)7)47-36(9)53-44(38-22-14-11-15-23-38)27-42-29(2)19-17-25-40(42)49(53)51-47/h10-27H,1-9H3. The van der Waals surface area contributed by atoms with E-state index in [1.807, 2.05) is 0 Å². The van der Waals surface area contributed by atoms with Gasteiger partial charge in [-0.2, -0.15) is 0 Å². The second-order valence-electron chi connectivity index (χ2n) is 15.0. The Morgan fingerprint density at radius 2 is 0.796 bits per heavy atom. The third-order valence-corrected chi connectivity index (χ3v) is 12.1. The van der Waals surface area contributed by atoms with Crippen LogP contribution in [0.5, 0.6) is 0 Å². The number of aryl methyl sites for hydroxylation is 4. The van der Waals surface area contributed by atoms with Crippen LogP contribution in [0.4, 0.5) is 17.3 Å². The number of imidazole rings is 2. The zero-order chi connectivity index (χ0) is 37.6. The number of nitrogens with zero attached hydrogens (tertiary/aromatic N) is 5. The van der Waals surface area contributed by atoms with E-state index in [2.05, 4.69) is 185 Å². The zero-order valence-corrected chi connectivity index (χ0v) is 32.6. The minimum atomic E-state index is 0.878. The van der Waals surface area contributed by atoms with Crippen molar-refractivity contribution in [2.24, 2.45) is 0 Å². The molecule has 0 unspecified atom stereocenters. The van der Waals surface area contributed by atoms with Crippen LogP contribution in [0.25, 0.3) is 55.4 Å². The first kappa shape index (κ1) is 33.6. The molecule has 5 aromatic carbocycles. The van der Waals surface area contributed by atoms with Gasteiger partial charge in [-0.3, -0.25) is 13.7 Å². The largest absolute Gasteiger partial charge is 0.294 e. The van der Waals surface area contributed by atoms with Crippen LogP contribution in [0.3, 0.4) is 0 Å². The molecule has 266 valence electrons. The summed E-state index contributed by atoms with van der Waals surface area (Å²) < 4.78 is 4.72. The summed E-state index contributed by atoms with van der Waals surface area (Å²) >= 11 is 0. The Bertz CT molecular complexity index is 2770. The molecule has 0 bridgehead atoms. The lowest BCUT2D eigenvalue weighted by Gasteiger charge is -2.29. The highest BCUT2D eigenvalue weighted by Gasteiger charge is 2.31. The molecule has 0 radical (unpaired) electrons. The van der Waals surface area contributed by atoms with E-state index in [9.17, 15) is 0 Å². The first-order valence-electron chi connectivity index (χ1n) is 18.9. The molecule has 0 aliphatic carbocycles. The van der Waals surface area contributed by atoms with Crippen LogP contribution < -0.4 is 4.90 Å². The van der Waals surface area contributed by atoms with Crippen LogP contribution in [0, 0.1) is 62.3 Å². The van der Waals surface area contributed by atoms with Gasteiger partial charge < -0.3 is 0 Å². The number of hydrogen-bond acceptors (Lipinski definition) is 3. The van der Waals surface area contributed by atoms with Gasteiger partial charge in [-0.25, -0.2) is 9.97 Å². The molecular formula is C49H45N5. The van der Waals surface area contributed by atoms with Crippen LogP contribution in [-0.4, -0.2) is 18.8 Å². The van der Waals surface area contributed by atoms with Gasteiger partial charge >= 0.3 is 0 Å². The monoisotopic (exact) mass is 703 g/mol. The summed E-state index contributed by atoms with van der Waals surface area (Å²) in [5.74, 6) is 1.76. The average Bonchev–Trinajstić information content (AvgIpc) is 3.72. The minimum Gasteiger partial charge on any atom is -0.294 e. The van der Waals surface area contributed by atoms with Crippen molar-refractivity contribution in [1.82, 2.24) is 18.8 Å². The molecule has 0 atom stereocenters. The van der Waals surface area contributed by atoms with Gasteiger partial charge in [-0.15, -0.1) is 0 Å². The molecule has 0 fully saturated rings. The van der Waals surface area contributed by atoms with Crippen molar-refractivity contribution in [2.45, 2.75) is 62.3 Å².